The minimum atomic E-state index is -1.46. The van der Waals surface area contributed by atoms with Crippen molar-refractivity contribution in [3.63, 3.8) is 0 Å². The molecule has 0 amide bonds. The van der Waals surface area contributed by atoms with Crippen LogP contribution < -0.4 is 0 Å². The Kier molecular flexibility index (Phi) is 3.40. The zero-order valence-corrected chi connectivity index (χ0v) is 11.9. The Bertz CT molecular complexity index is 426. The number of Topliss-reactive ketones (excluding diaryl/α,β-unsaturated/α-hetero) is 1. The van der Waals surface area contributed by atoms with Crippen LogP contribution in [0.1, 0.15) is 46.5 Å². The van der Waals surface area contributed by atoms with E-state index in [2.05, 4.69) is 0 Å². The molecule has 19 heavy (non-hydrogen) atoms. The zero-order valence-electron chi connectivity index (χ0n) is 11.9. The first kappa shape index (κ1) is 14.7. The molecule has 1 fully saturated rings. The summed E-state index contributed by atoms with van der Waals surface area (Å²) in [6.45, 7) is 5.28. The first-order chi connectivity index (χ1) is 8.71. The number of allylic oxidation sites excluding steroid dienone is 1. The summed E-state index contributed by atoms with van der Waals surface area (Å²) in [7, 11) is 0. The fourth-order valence-corrected chi connectivity index (χ4v) is 4.06. The van der Waals surface area contributed by atoms with Gasteiger partial charge in [-0.05, 0) is 37.2 Å². The molecule has 4 nitrogen and oxygen atoms in total. The van der Waals surface area contributed by atoms with Crippen molar-refractivity contribution in [1.82, 2.24) is 0 Å². The molecule has 2 aliphatic rings. The van der Waals surface area contributed by atoms with Gasteiger partial charge in [0.15, 0.2) is 5.78 Å². The number of hydrogen-bond acceptors (Lipinski definition) is 4. The van der Waals surface area contributed by atoms with E-state index in [0.717, 1.165) is 5.57 Å². The summed E-state index contributed by atoms with van der Waals surface area (Å²) in [4.78, 5) is 12.0. The SMILES string of the molecule is CC(=O)[C@]1(O)C[C@H](O)C(C)(C)[C@]12CC=C(CO)CC2. The van der Waals surface area contributed by atoms with Gasteiger partial charge in [0.1, 0.15) is 5.60 Å². The van der Waals surface area contributed by atoms with Crippen LogP contribution in [0.2, 0.25) is 0 Å². The molecule has 0 saturated heterocycles. The molecular weight excluding hydrogens is 244 g/mol. The molecule has 0 aromatic rings. The second kappa shape index (κ2) is 4.40. The predicted molar refractivity (Wildman–Crippen MR) is 71.5 cm³/mol. The largest absolute Gasteiger partial charge is 0.392 e. The van der Waals surface area contributed by atoms with Gasteiger partial charge in [-0.1, -0.05) is 19.9 Å². The maximum atomic E-state index is 12.0. The lowest BCUT2D eigenvalue weighted by atomic mass is 9.55. The number of carbonyl (C=O) groups excluding carboxylic acids is 1. The number of ketones is 1. The third-order valence-corrected chi connectivity index (χ3v) is 5.74. The van der Waals surface area contributed by atoms with Gasteiger partial charge in [0.05, 0.1) is 12.7 Å². The second-order valence-electron chi connectivity index (χ2n) is 6.66. The summed E-state index contributed by atoms with van der Waals surface area (Å²) < 4.78 is 0. The van der Waals surface area contributed by atoms with Crippen LogP contribution in [0.4, 0.5) is 0 Å². The monoisotopic (exact) mass is 268 g/mol. The minimum Gasteiger partial charge on any atom is -0.392 e. The minimum absolute atomic E-state index is 0.0254. The Morgan fingerprint density at radius 1 is 1.47 bits per heavy atom. The van der Waals surface area contributed by atoms with Gasteiger partial charge in [-0.3, -0.25) is 4.79 Å². The van der Waals surface area contributed by atoms with Gasteiger partial charge >= 0.3 is 0 Å². The molecule has 0 aromatic heterocycles. The first-order valence-electron chi connectivity index (χ1n) is 6.91. The molecular formula is C15H24O4. The highest BCUT2D eigenvalue weighted by atomic mass is 16.3. The van der Waals surface area contributed by atoms with Crippen molar-refractivity contribution in [2.75, 3.05) is 6.61 Å². The third-order valence-electron chi connectivity index (χ3n) is 5.74. The Morgan fingerprint density at radius 2 is 2.11 bits per heavy atom. The van der Waals surface area contributed by atoms with E-state index < -0.39 is 22.5 Å². The fourth-order valence-electron chi connectivity index (χ4n) is 4.06. The number of aliphatic hydroxyl groups excluding tert-OH is 2. The van der Waals surface area contributed by atoms with Crippen LogP contribution in [0.3, 0.4) is 0 Å². The van der Waals surface area contributed by atoms with Crippen molar-refractivity contribution in [2.45, 2.75) is 58.2 Å². The van der Waals surface area contributed by atoms with Crippen molar-refractivity contribution < 1.29 is 20.1 Å². The molecule has 0 aromatic carbocycles. The molecule has 0 radical (unpaired) electrons. The van der Waals surface area contributed by atoms with Gasteiger partial charge in [0, 0.05) is 11.8 Å². The smallest absolute Gasteiger partial charge is 0.161 e. The maximum Gasteiger partial charge on any atom is 0.161 e. The van der Waals surface area contributed by atoms with Crippen LogP contribution in [0, 0.1) is 10.8 Å². The number of hydrogen-bond donors (Lipinski definition) is 3. The van der Waals surface area contributed by atoms with Crippen LogP contribution in [0.25, 0.3) is 0 Å². The van der Waals surface area contributed by atoms with Gasteiger partial charge in [-0.15, -0.1) is 0 Å². The van der Waals surface area contributed by atoms with Gasteiger partial charge in [-0.25, -0.2) is 0 Å². The lowest BCUT2D eigenvalue weighted by Crippen LogP contribution is -2.55. The van der Waals surface area contributed by atoms with E-state index in [0.29, 0.717) is 19.3 Å². The molecule has 3 N–H and O–H groups in total. The van der Waals surface area contributed by atoms with Crippen LogP contribution in [-0.4, -0.2) is 39.4 Å². The van der Waals surface area contributed by atoms with Crippen LogP contribution in [-0.2, 0) is 4.79 Å². The first-order valence-corrected chi connectivity index (χ1v) is 6.91. The Labute approximate surface area is 114 Å². The van der Waals surface area contributed by atoms with E-state index in [4.69, 9.17) is 0 Å². The van der Waals surface area contributed by atoms with E-state index >= 15 is 0 Å². The van der Waals surface area contributed by atoms with Crippen LogP contribution in [0.15, 0.2) is 11.6 Å². The Balaban J connectivity index is 2.50. The molecule has 4 heteroatoms. The van der Waals surface area contributed by atoms with Crippen molar-refractivity contribution >= 4 is 5.78 Å². The summed E-state index contributed by atoms with van der Waals surface area (Å²) in [5, 5.41) is 30.4. The van der Waals surface area contributed by atoms with Crippen LogP contribution in [0.5, 0.6) is 0 Å². The third kappa shape index (κ3) is 1.73. The van der Waals surface area contributed by atoms with Gasteiger partial charge < -0.3 is 15.3 Å². The number of aliphatic hydroxyl groups is 3. The average molecular weight is 268 g/mol. The highest BCUT2D eigenvalue weighted by Crippen LogP contribution is 2.64. The van der Waals surface area contributed by atoms with Crippen molar-refractivity contribution in [2.24, 2.45) is 10.8 Å². The highest BCUT2D eigenvalue weighted by Gasteiger charge is 2.68. The lowest BCUT2D eigenvalue weighted by molar-refractivity contribution is -0.157. The molecule has 108 valence electrons. The highest BCUT2D eigenvalue weighted by molar-refractivity contribution is 5.86. The van der Waals surface area contributed by atoms with E-state index in [9.17, 15) is 20.1 Å². The zero-order chi connectivity index (χ0) is 14.5. The normalized spacial score (nSPS) is 41.4. The number of rotatable bonds is 2. The average Bonchev–Trinajstić information content (AvgIpc) is 2.50. The van der Waals surface area contributed by atoms with Crippen LogP contribution >= 0.6 is 0 Å². The predicted octanol–water partition coefficient (Wildman–Crippen LogP) is 1.19. The topological polar surface area (TPSA) is 77.8 Å². The summed E-state index contributed by atoms with van der Waals surface area (Å²) in [5.74, 6) is -0.266. The summed E-state index contributed by atoms with van der Waals surface area (Å²) in [6, 6.07) is 0. The van der Waals surface area contributed by atoms with E-state index in [-0.39, 0.29) is 18.8 Å². The molecule has 1 spiro atoms. The molecule has 1 saturated carbocycles. The number of carbonyl (C=O) groups is 1. The van der Waals surface area contributed by atoms with Gasteiger partial charge in [-0.2, -0.15) is 0 Å². The van der Waals surface area contributed by atoms with E-state index in [1.165, 1.54) is 6.92 Å². The summed E-state index contributed by atoms with van der Waals surface area (Å²) >= 11 is 0. The fraction of sp³-hybridized carbons (Fsp3) is 0.800. The van der Waals surface area contributed by atoms with Crippen molar-refractivity contribution in [3.05, 3.63) is 11.6 Å². The lowest BCUT2D eigenvalue weighted by Gasteiger charge is -2.50. The maximum absolute atomic E-state index is 12.0. The van der Waals surface area contributed by atoms with E-state index in [1.807, 2.05) is 19.9 Å². The molecule has 0 unspecified atom stereocenters. The molecule has 0 heterocycles. The van der Waals surface area contributed by atoms with Gasteiger partial charge in [0.25, 0.3) is 0 Å². The van der Waals surface area contributed by atoms with Gasteiger partial charge in [0.2, 0.25) is 0 Å². The Hall–Kier alpha value is -0.710. The molecule has 2 rings (SSSR count). The molecule has 0 bridgehead atoms. The second-order valence-corrected chi connectivity index (χ2v) is 6.66. The summed E-state index contributed by atoms with van der Waals surface area (Å²) in [6.07, 6.45) is 3.17. The Morgan fingerprint density at radius 3 is 2.53 bits per heavy atom. The quantitative estimate of drug-likeness (QED) is 0.657. The standard InChI is InChI=1S/C15H24O4/c1-10(17)15(19)8-12(18)13(2,3)14(15)6-4-11(9-16)5-7-14/h4,12,16,18-19H,5-9H2,1-3H3/t12-,14+,15+/m0/s1. The van der Waals surface area contributed by atoms with Crippen molar-refractivity contribution in [1.29, 1.82) is 0 Å². The molecule has 3 atom stereocenters. The summed E-state index contributed by atoms with van der Waals surface area (Å²) in [5.41, 5.74) is -1.67. The molecule has 2 aliphatic carbocycles. The molecule has 0 aliphatic heterocycles. The van der Waals surface area contributed by atoms with E-state index in [1.54, 1.807) is 0 Å². The van der Waals surface area contributed by atoms with Crippen molar-refractivity contribution in [3.8, 4) is 0 Å².